The molecule has 6 nitrogen and oxygen atoms in total. The Hall–Kier alpha value is -4.06. The van der Waals surface area contributed by atoms with Gasteiger partial charge in [0.15, 0.2) is 0 Å². The first kappa shape index (κ1) is 27.5. The number of benzene rings is 3. The van der Waals surface area contributed by atoms with Crippen LogP contribution in [0.4, 0.5) is 9.59 Å². The number of amides is 2. The summed E-state index contributed by atoms with van der Waals surface area (Å²) in [5.41, 5.74) is 2.45. The Bertz CT molecular complexity index is 1130. The zero-order valence-electron chi connectivity index (χ0n) is 21.7. The van der Waals surface area contributed by atoms with Gasteiger partial charge in [-0.15, -0.1) is 0 Å². The fourth-order valence-corrected chi connectivity index (χ4v) is 3.71. The summed E-state index contributed by atoms with van der Waals surface area (Å²) < 4.78 is 10.9. The minimum absolute atomic E-state index is 0.186. The Kier molecular flexibility index (Phi) is 10.3. The fraction of sp³-hybridized carbons (Fsp3) is 0.290. The van der Waals surface area contributed by atoms with Crippen LogP contribution in [0.15, 0.2) is 103 Å². The second kappa shape index (κ2) is 13.9. The van der Waals surface area contributed by atoms with Gasteiger partial charge in [0.25, 0.3) is 0 Å². The first-order chi connectivity index (χ1) is 17.8. The first-order valence-electron chi connectivity index (χ1n) is 12.5. The van der Waals surface area contributed by atoms with Gasteiger partial charge >= 0.3 is 12.2 Å². The van der Waals surface area contributed by atoms with E-state index < -0.39 is 17.8 Å². The Morgan fingerprint density at radius 2 is 1.08 bits per heavy atom. The highest BCUT2D eigenvalue weighted by atomic mass is 16.6. The molecule has 0 spiro atoms. The van der Waals surface area contributed by atoms with Crippen molar-refractivity contribution >= 4 is 12.2 Å². The van der Waals surface area contributed by atoms with Gasteiger partial charge in [-0.25, -0.2) is 9.59 Å². The van der Waals surface area contributed by atoms with E-state index in [9.17, 15) is 9.59 Å². The van der Waals surface area contributed by atoms with Crippen molar-refractivity contribution in [2.24, 2.45) is 0 Å². The molecule has 2 atom stereocenters. The van der Waals surface area contributed by atoms with Crippen molar-refractivity contribution in [3.63, 3.8) is 0 Å². The third-order valence-corrected chi connectivity index (χ3v) is 5.39. The predicted molar refractivity (Wildman–Crippen MR) is 146 cm³/mol. The average Bonchev–Trinajstić information content (AvgIpc) is 2.86. The molecule has 0 radical (unpaired) electrons. The van der Waals surface area contributed by atoms with Crippen molar-refractivity contribution in [2.75, 3.05) is 0 Å². The van der Waals surface area contributed by atoms with Crippen LogP contribution in [-0.2, 0) is 28.9 Å². The Morgan fingerprint density at radius 3 is 1.51 bits per heavy atom. The van der Waals surface area contributed by atoms with Gasteiger partial charge < -0.3 is 20.1 Å². The first-order valence-corrected chi connectivity index (χ1v) is 12.5. The Morgan fingerprint density at radius 1 is 0.676 bits per heavy atom. The summed E-state index contributed by atoms with van der Waals surface area (Å²) in [7, 11) is 0. The summed E-state index contributed by atoms with van der Waals surface area (Å²) in [6.45, 7) is 5.67. The van der Waals surface area contributed by atoms with Crippen molar-refractivity contribution < 1.29 is 19.1 Å². The lowest BCUT2D eigenvalue weighted by molar-refractivity contribution is 0.0514. The van der Waals surface area contributed by atoms with Crippen molar-refractivity contribution in [2.45, 2.75) is 57.9 Å². The van der Waals surface area contributed by atoms with E-state index in [2.05, 4.69) is 10.6 Å². The zero-order valence-corrected chi connectivity index (χ0v) is 21.7. The molecule has 3 aromatic carbocycles. The average molecular weight is 501 g/mol. The molecule has 0 aliphatic heterocycles. The maximum Gasteiger partial charge on any atom is 0.408 e. The van der Waals surface area contributed by atoms with Gasteiger partial charge in [0.2, 0.25) is 0 Å². The van der Waals surface area contributed by atoms with Gasteiger partial charge in [-0.2, -0.15) is 0 Å². The highest BCUT2D eigenvalue weighted by Crippen LogP contribution is 2.11. The number of hydrogen-bond acceptors (Lipinski definition) is 4. The van der Waals surface area contributed by atoms with E-state index in [-0.39, 0.29) is 18.7 Å². The molecule has 194 valence electrons. The molecule has 0 aliphatic carbocycles. The highest BCUT2D eigenvalue weighted by molar-refractivity contribution is 5.69. The van der Waals surface area contributed by atoms with Gasteiger partial charge in [-0.1, -0.05) is 103 Å². The molecule has 0 unspecified atom stereocenters. The van der Waals surface area contributed by atoms with Gasteiger partial charge in [0.1, 0.15) is 12.2 Å². The summed E-state index contributed by atoms with van der Waals surface area (Å²) >= 11 is 0. The third-order valence-electron chi connectivity index (χ3n) is 5.39. The second-order valence-electron chi connectivity index (χ2n) is 9.83. The van der Waals surface area contributed by atoms with Crippen molar-refractivity contribution in [3.05, 3.63) is 120 Å². The normalized spacial score (nSPS) is 12.9. The van der Waals surface area contributed by atoms with Crippen LogP contribution >= 0.6 is 0 Å². The molecule has 0 bridgehead atoms. The topological polar surface area (TPSA) is 76.7 Å². The standard InChI is InChI=1S/C31H36N2O4/c1-31(2,3)37-30(35)33-28(22-25-15-9-5-10-16-25)20-19-27(21-24-13-7-4-8-14-24)32-29(34)36-23-26-17-11-6-12-18-26/h4-20,27-28H,21-23H2,1-3H3,(H,32,34)(H,33,35)/b20-19+/t27-,28-/m1/s1. The maximum atomic E-state index is 12.6. The molecule has 37 heavy (non-hydrogen) atoms. The van der Waals surface area contributed by atoms with Crippen LogP contribution in [0.5, 0.6) is 0 Å². The molecule has 2 N–H and O–H groups in total. The van der Waals surface area contributed by atoms with E-state index in [1.165, 1.54) is 0 Å². The Labute approximate surface area is 219 Å². The minimum Gasteiger partial charge on any atom is -0.445 e. The van der Waals surface area contributed by atoms with E-state index in [1.807, 2.05) is 124 Å². The predicted octanol–water partition coefficient (Wildman–Crippen LogP) is 6.22. The molecule has 2 amide bonds. The molecule has 0 saturated carbocycles. The van der Waals surface area contributed by atoms with Crippen LogP contribution in [0, 0.1) is 0 Å². The molecule has 0 fully saturated rings. The van der Waals surface area contributed by atoms with E-state index >= 15 is 0 Å². The number of ether oxygens (including phenoxy) is 2. The van der Waals surface area contributed by atoms with E-state index in [4.69, 9.17) is 9.47 Å². The molecule has 6 heteroatoms. The molecular weight excluding hydrogens is 464 g/mol. The van der Waals surface area contributed by atoms with E-state index in [0.29, 0.717) is 12.8 Å². The smallest absolute Gasteiger partial charge is 0.408 e. The summed E-state index contributed by atoms with van der Waals surface area (Å²) in [4.78, 5) is 25.2. The lowest BCUT2D eigenvalue weighted by Crippen LogP contribution is -2.40. The van der Waals surface area contributed by atoms with Crippen LogP contribution in [0.2, 0.25) is 0 Å². The van der Waals surface area contributed by atoms with Gasteiger partial charge in [0.05, 0.1) is 12.1 Å². The largest absolute Gasteiger partial charge is 0.445 e. The molecular formula is C31H36N2O4. The van der Waals surface area contributed by atoms with E-state index in [0.717, 1.165) is 16.7 Å². The second-order valence-corrected chi connectivity index (χ2v) is 9.83. The summed E-state index contributed by atoms with van der Waals surface area (Å²) in [5.74, 6) is 0. The van der Waals surface area contributed by atoms with Gasteiger partial charge in [-0.05, 0) is 50.3 Å². The lowest BCUT2D eigenvalue weighted by atomic mass is 10.0. The minimum atomic E-state index is -0.606. The number of hydrogen-bond donors (Lipinski definition) is 2. The van der Waals surface area contributed by atoms with Crippen LogP contribution in [0.3, 0.4) is 0 Å². The van der Waals surface area contributed by atoms with Gasteiger partial charge in [0, 0.05) is 0 Å². The molecule has 0 saturated heterocycles. The van der Waals surface area contributed by atoms with Crippen LogP contribution in [0.25, 0.3) is 0 Å². The molecule has 0 aromatic heterocycles. The lowest BCUT2D eigenvalue weighted by Gasteiger charge is -2.23. The number of alkyl carbamates (subject to hydrolysis) is 2. The number of nitrogens with one attached hydrogen (secondary N) is 2. The molecule has 0 heterocycles. The quantitative estimate of drug-likeness (QED) is 0.324. The fourth-order valence-electron chi connectivity index (χ4n) is 3.71. The SMILES string of the molecule is CC(C)(C)OC(=O)N[C@H](/C=C/[C@H](Cc1ccccc1)NC(=O)OCc1ccccc1)Cc1ccccc1. The van der Waals surface area contributed by atoms with Crippen LogP contribution < -0.4 is 10.6 Å². The monoisotopic (exact) mass is 500 g/mol. The molecule has 3 aromatic rings. The number of carbonyl (C=O) groups is 2. The summed E-state index contributed by atoms with van der Waals surface area (Å²) in [5, 5.41) is 5.90. The van der Waals surface area contributed by atoms with Gasteiger partial charge in [-0.3, -0.25) is 0 Å². The van der Waals surface area contributed by atoms with Crippen LogP contribution in [0.1, 0.15) is 37.5 Å². The molecule has 0 aliphatic rings. The summed E-state index contributed by atoms with van der Waals surface area (Å²) in [6, 6.07) is 28.7. The number of carbonyl (C=O) groups excluding carboxylic acids is 2. The molecule has 3 rings (SSSR count). The van der Waals surface area contributed by atoms with Crippen LogP contribution in [-0.4, -0.2) is 29.9 Å². The van der Waals surface area contributed by atoms with Crippen molar-refractivity contribution in [1.82, 2.24) is 10.6 Å². The van der Waals surface area contributed by atoms with Crippen molar-refractivity contribution in [1.29, 1.82) is 0 Å². The highest BCUT2D eigenvalue weighted by Gasteiger charge is 2.19. The third kappa shape index (κ3) is 11.0. The maximum absolute atomic E-state index is 12.6. The number of rotatable bonds is 10. The zero-order chi connectivity index (χ0) is 26.5. The summed E-state index contributed by atoms with van der Waals surface area (Å²) in [6.07, 6.45) is 3.96. The van der Waals surface area contributed by atoms with E-state index in [1.54, 1.807) is 0 Å². The van der Waals surface area contributed by atoms with Crippen molar-refractivity contribution in [3.8, 4) is 0 Å². The Balaban J connectivity index is 1.73.